The third-order valence-electron chi connectivity index (χ3n) is 5.62. The van der Waals surface area contributed by atoms with Crippen LogP contribution < -0.4 is 10.9 Å². The number of aromatic nitrogens is 2. The van der Waals surface area contributed by atoms with Crippen molar-refractivity contribution in [3.8, 4) is 0 Å². The predicted molar refractivity (Wildman–Crippen MR) is 116 cm³/mol. The second kappa shape index (κ2) is 8.41. The minimum absolute atomic E-state index is 0.00422. The number of allylic oxidation sites excluding steroid dienone is 1. The van der Waals surface area contributed by atoms with Crippen molar-refractivity contribution < 1.29 is 4.79 Å². The number of thioether (sulfide) groups is 1. The zero-order chi connectivity index (χ0) is 19.7. The van der Waals surface area contributed by atoms with Crippen LogP contribution in [0.3, 0.4) is 0 Å². The molecule has 1 unspecified atom stereocenters. The molecule has 2 saturated carbocycles. The maximum Gasteiger partial charge on any atom is 0.263 e. The molecule has 2 fully saturated rings. The summed E-state index contributed by atoms with van der Waals surface area (Å²) >= 11 is 2.91. The van der Waals surface area contributed by atoms with Crippen LogP contribution in [-0.4, -0.2) is 26.8 Å². The smallest absolute Gasteiger partial charge is 0.263 e. The van der Waals surface area contributed by atoms with E-state index in [2.05, 4.69) is 17.3 Å². The quantitative estimate of drug-likeness (QED) is 0.411. The molecule has 28 heavy (non-hydrogen) atoms. The van der Waals surface area contributed by atoms with Gasteiger partial charge in [-0.2, -0.15) is 0 Å². The number of fused-ring (bicyclic) bond motifs is 1. The molecule has 1 amide bonds. The van der Waals surface area contributed by atoms with E-state index >= 15 is 0 Å². The molecule has 0 aliphatic heterocycles. The van der Waals surface area contributed by atoms with Crippen molar-refractivity contribution in [1.29, 1.82) is 0 Å². The third kappa shape index (κ3) is 4.06. The Bertz CT molecular complexity index is 939. The highest BCUT2D eigenvalue weighted by Gasteiger charge is 2.29. The van der Waals surface area contributed by atoms with E-state index in [-0.39, 0.29) is 22.8 Å². The van der Waals surface area contributed by atoms with E-state index in [9.17, 15) is 9.59 Å². The lowest BCUT2D eigenvalue weighted by Crippen LogP contribution is -2.40. The van der Waals surface area contributed by atoms with E-state index in [1.807, 2.05) is 6.92 Å². The Kier molecular flexibility index (Phi) is 5.92. The van der Waals surface area contributed by atoms with Crippen molar-refractivity contribution in [2.24, 2.45) is 0 Å². The number of amides is 1. The number of thiophene rings is 1. The van der Waals surface area contributed by atoms with Gasteiger partial charge in [-0.3, -0.25) is 14.2 Å². The number of hydrogen-bond acceptors (Lipinski definition) is 5. The molecule has 0 bridgehead atoms. The Morgan fingerprint density at radius 3 is 2.82 bits per heavy atom. The van der Waals surface area contributed by atoms with Gasteiger partial charge in [0, 0.05) is 12.6 Å². The van der Waals surface area contributed by atoms with E-state index in [0.717, 1.165) is 41.5 Å². The van der Waals surface area contributed by atoms with Gasteiger partial charge in [0.1, 0.15) is 4.83 Å². The highest BCUT2D eigenvalue weighted by molar-refractivity contribution is 8.00. The number of carbonyl (C=O) groups excluding carboxylic acids is 1. The Balaban J connectivity index is 1.58. The van der Waals surface area contributed by atoms with Crippen LogP contribution in [0.1, 0.15) is 63.4 Å². The van der Waals surface area contributed by atoms with E-state index in [1.165, 1.54) is 42.4 Å². The first-order valence-electron chi connectivity index (χ1n) is 10.2. The molecule has 0 radical (unpaired) electrons. The summed E-state index contributed by atoms with van der Waals surface area (Å²) in [4.78, 5) is 31.4. The Morgan fingerprint density at radius 2 is 2.14 bits per heavy atom. The zero-order valence-corrected chi connectivity index (χ0v) is 17.9. The lowest BCUT2D eigenvalue weighted by Gasteiger charge is -2.24. The minimum atomic E-state index is -0.301. The first-order valence-corrected chi connectivity index (χ1v) is 11.9. The monoisotopic (exact) mass is 417 g/mol. The molecule has 2 aliphatic rings. The van der Waals surface area contributed by atoms with Gasteiger partial charge < -0.3 is 5.32 Å². The number of carbonyl (C=O) groups is 1. The van der Waals surface area contributed by atoms with Crippen LogP contribution in [-0.2, 0) is 11.3 Å². The second-order valence-corrected chi connectivity index (χ2v) is 10.0. The first kappa shape index (κ1) is 19.7. The SMILES string of the molecule is C=CCn1c(SC(C)C(=O)NC2CCCCC2)nc2scc(C3CC3)c2c1=O. The molecule has 2 aliphatic carbocycles. The first-order chi connectivity index (χ1) is 13.6. The summed E-state index contributed by atoms with van der Waals surface area (Å²) in [7, 11) is 0. The highest BCUT2D eigenvalue weighted by atomic mass is 32.2. The molecule has 1 atom stereocenters. The maximum absolute atomic E-state index is 13.2. The maximum atomic E-state index is 13.2. The number of nitrogens with zero attached hydrogens (tertiary/aromatic N) is 2. The number of hydrogen-bond donors (Lipinski definition) is 1. The summed E-state index contributed by atoms with van der Waals surface area (Å²) in [6.45, 7) is 6.09. The largest absolute Gasteiger partial charge is 0.352 e. The summed E-state index contributed by atoms with van der Waals surface area (Å²) in [6.07, 6.45) is 9.79. The van der Waals surface area contributed by atoms with E-state index in [1.54, 1.807) is 10.6 Å². The summed E-state index contributed by atoms with van der Waals surface area (Å²) in [5, 5.41) is 6.33. The average molecular weight is 418 g/mol. The lowest BCUT2D eigenvalue weighted by atomic mass is 9.95. The van der Waals surface area contributed by atoms with E-state index < -0.39 is 0 Å². The van der Waals surface area contributed by atoms with Crippen LogP contribution in [0.4, 0.5) is 0 Å². The molecule has 2 aromatic heterocycles. The summed E-state index contributed by atoms with van der Waals surface area (Å²) < 4.78 is 1.67. The summed E-state index contributed by atoms with van der Waals surface area (Å²) in [6, 6.07) is 0.286. The van der Waals surface area contributed by atoms with E-state index in [4.69, 9.17) is 4.98 Å². The molecule has 0 spiro atoms. The molecule has 7 heteroatoms. The van der Waals surface area contributed by atoms with E-state index in [0.29, 0.717) is 17.6 Å². The van der Waals surface area contributed by atoms with Gasteiger partial charge in [-0.15, -0.1) is 17.9 Å². The molecular formula is C21H27N3O2S2. The van der Waals surface area contributed by atoms with Gasteiger partial charge in [-0.1, -0.05) is 37.1 Å². The fourth-order valence-corrected chi connectivity index (χ4v) is 5.87. The zero-order valence-electron chi connectivity index (χ0n) is 16.3. The van der Waals surface area contributed by atoms with Crippen LogP contribution in [0.15, 0.2) is 28.0 Å². The lowest BCUT2D eigenvalue weighted by molar-refractivity contribution is -0.121. The van der Waals surface area contributed by atoms with Gasteiger partial charge in [-0.05, 0) is 49.5 Å². The van der Waals surface area contributed by atoms with Gasteiger partial charge in [0.15, 0.2) is 5.16 Å². The normalized spacial score (nSPS) is 18.9. The summed E-state index contributed by atoms with van der Waals surface area (Å²) in [5.74, 6) is 0.542. The number of nitrogens with one attached hydrogen (secondary N) is 1. The van der Waals surface area contributed by atoms with Gasteiger partial charge in [-0.25, -0.2) is 4.98 Å². The fourth-order valence-electron chi connectivity index (χ4n) is 3.88. The van der Waals surface area contributed by atoms with Gasteiger partial charge in [0.25, 0.3) is 5.56 Å². The fraction of sp³-hybridized carbons (Fsp3) is 0.571. The topological polar surface area (TPSA) is 64.0 Å². The molecule has 1 N–H and O–H groups in total. The molecular weight excluding hydrogens is 390 g/mol. The molecule has 2 heterocycles. The number of rotatable bonds is 7. The van der Waals surface area contributed by atoms with Gasteiger partial charge in [0.05, 0.1) is 10.6 Å². The van der Waals surface area contributed by atoms with Crippen LogP contribution in [0.2, 0.25) is 0 Å². The third-order valence-corrected chi connectivity index (χ3v) is 7.60. The van der Waals surface area contributed by atoms with Gasteiger partial charge >= 0.3 is 0 Å². The highest BCUT2D eigenvalue weighted by Crippen LogP contribution is 2.44. The molecule has 0 saturated heterocycles. The molecule has 0 aromatic carbocycles. The second-order valence-electron chi connectivity index (χ2n) is 7.85. The molecule has 5 nitrogen and oxygen atoms in total. The van der Waals surface area contributed by atoms with Crippen molar-refractivity contribution in [1.82, 2.24) is 14.9 Å². The Hall–Kier alpha value is -1.60. The molecule has 4 rings (SSSR count). The Labute approximate surface area is 173 Å². The van der Waals surface area contributed by atoms with Crippen molar-refractivity contribution in [3.63, 3.8) is 0 Å². The van der Waals surface area contributed by atoms with Crippen molar-refractivity contribution in [2.45, 2.75) is 80.8 Å². The van der Waals surface area contributed by atoms with Crippen LogP contribution in [0.25, 0.3) is 10.2 Å². The van der Waals surface area contributed by atoms with Crippen LogP contribution in [0.5, 0.6) is 0 Å². The molecule has 150 valence electrons. The van der Waals surface area contributed by atoms with Crippen LogP contribution in [0, 0.1) is 0 Å². The van der Waals surface area contributed by atoms with Crippen LogP contribution >= 0.6 is 23.1 Å². The summed E-state index contributed by atoms with van der Waals surface area (Å²) in [5.41, 5.74) is 1.14. The average Bonchev–Trinajstić information content (AvgIpc) is 3.45. The molecule has 2 aromatic rings. The van der Waals surface area contributed by atoms with Gasteiger partial charge in [0.2, 0.25) is 5.91 Å². The predicted octanol–water partition coefficient (Wildman–Crippen LogP) is 4.45. The van der Waals surface area contributed by atoms with Crippen molar-refractivity contribution >= 4 is 39.2 Å². The van der Waals surface area contributed by atoms with Crippen molar-refractivity contribution in [2.75, 3.05) is 0 Å². The minimum Gasteiger partial charge on any atom is -0.352 e. The van der Waals surface area contributed by atoms with Crippen molar-refractivity contribution in [3.05, 3.63) is 34.0 Å². The standard InChI is InChI=1S/C21H27N3O2S2/c1-3-11-24-20(26)17-16(14-9-10-14)12-27-19(17)23-21(24)28-13(2)18(25)22-15-7-5-4-6-8-15/h3,12-15H,1,4-11H2,2H3,(H,22,25). The Morgan fingerprint density at radius 1 is 1.39 bits per heavy atom.